The Morgan fingerprint density at radius 2 is 1.72 bits per heavy atom. The molecule has 2 atom stereocenters. The first-order valence-corrected chi connectivity index (χ1v) is 11.7. The number of hydrogen-bond acceptors (Lipinski definition) is 5. The molecule has 4 aromatic rings. The zero-order valence-corrected chi connectivity index (χ0v) is 19.5. The molecule has 8 heteroatoms. The Kier molecular flexibility index (Phi) is 5.41. The summed E-state index contributed by atoms with van der Waals surface area (Å²) in [4.78, 5) is 45.8. The number of ketones is 2. The van der Waals surface area contributed by atoms with E-state index in [-0.39, 0.29) is 5.78 Å². The number of Topliss-reactive ketones (excluding diaryl/α,β-unsaturated/α-hetero) is 2. The smallest absolute Gasteiger partial charge is 0.292 e. The van der Waals surface area contributed by atoms with Gasteiger partial charge < -0.3 is 0 Å². The average Bonchev–Trinajstić information content (AvgIpc) is 3.32. The number of benzene rings is 3. The van der Waals surface area contributed by atoms with E-state index in [2.05, 4.69) is 20.9 Å². The average molecular weight is 526 g/mol. The maximum atomic E-state index is 13.6. The second-order valence-electron chi connectivity index (χ2n) is 7.35. The molecule has 1 fully saturated rings. The van der Waals surface area contributed by atoms with Crippen molar-refractivity contribution in [3.05, 3.63) is 93.4 Å². The molecule has 0 bridgehead atoms. The van der Waals surface area contributed by atoms with Crippen LogP contribution in [0, 0.1) is 0 Å². The van der Waals surface area contributed by atoms with Gasteiger partial charge in [-0.3, -0.25) is 19.3 Å². The van der Waals surface area contributed by atoms with E-state index in [0.29, 0.717) is 26.8 Å². The highest BCUT2D eigenvalue weighted by Crippen LogP contribution is 2.40. The zero-order chi connectivity index (χ0) is 22.4. The fourth-order valence-electron chi connectivity index (χ4n) is 3.91. The van der Waals surface area contributed by atoms with Crippen LogP contribution in [0.15, 0.2) is 77.3 Å². The number of carbonyl (C=O) groups is 3. The molecule has 0 unspecified atom stereocenters. The summed E-state index contributed by atoms with van der Waals surface area (Å²) in [6.07, 6.45) is 0. The van der Waals surface area contributed by atoms with Crippen LogP contribution >= 0.6 is 38.9 Å². The topological polar surface area (TPSA) is 67.3 Å². The quantitative estimate of drug-likeness (QED) is 0.255. The number of nitrogens with zero attached hydrogens (tertiary/aromatic N) is 2. The Morgan fingerprint density at radius 3 is 2.44 bits per heavy atom. The maximum Gasteiger partial charge on any atom is 0.297 e. The van der Waals surface area contributed by atoms with Crippen molar-refractivity contribution in [3.8, 4) is 0 Å². The summed E-state index contributed by atoms with van der Waals surface area (Å²) >= 11 is 10.7. The zero-order valence-electron chi connectivity index (χ0n) is 16.4. The van der Waals surface area contributed by atoms with E-state index in [4.69, 9.17) is 11.6 Å². The van der Waals surface area contributed by atoms with Crippen molar-refractivity contribution in [3.63, 3.8) is 0 Å². The molecule has 0 N–H and O–H groups in total. The van der Waals surface area contributed by atoms with Crippen LogP contribution in [0.3, 0.4) is 0 Å². The van der Waals surface area contributed by atoms with E-state index in [0.717, 1.165) is 9.17 Å². The number of amides is 1. The number of anilines is 1. The van der Waals surface area contributed by atoms with Gasteiger partial charge in [0.05, 0.1) is 16.1 Å². The summed E-state index contributed by atoms with van der Waals surface area (Å²) in [6, 6.07) is 19.9. The number of thiazole rings is 1. The predicted octanol–water partition coefficient (Wildman–Crippen LogP) is 5.66. The highest BCUT2D eigenvalue weighted by Gasteiger charge is 2.53. The Morgan fingerprint density at radius 1 is 1.00 bits per heavy atom. The lowest BCUT2D eigenvalue weighted by Crippen LogP contribution is -2.41. The molecule has 0 spiro atoms. The molecule has 32 heavy (non-hydrogen) atoms. The lowest BCUT2D eigenvalue weighted by Gasteiger charge is -2.24. The second-order valence-corrected chi connectivity index (χ2v) is 9.71. The molecule has 158 valence electrons. The van der Waals surface area contributed by atoms with Gasteiger partial charge in [-0.05, 0) is 35.9 Å². The first-order valence-electron chi connectivity index (χ1n) is 9.72. The number of fused-ring (bicyclic) bond motifs is 1. The predicted molar refractivity (Wildman–Crippen MR) is 129 cm³/mol. The second kappa shape index (κ2) is 8.24. The van der Waals surface area contributed by atoms with Gasteiger partial charge in [0, 0.05) is 15.1 Å². The Hall–Kier alpha value is -2.87. The normalized spacial score (nSPS) is 18.5. The number of rotatable bonds is 4. The molecule has 0 radical (unpaired) electrons. The van der Waals surface area contributed by atoms with Crippen molar-refractivity contribution in [1.82, 2.24) is 4.98 Å². The van der Waals surface area contributed by atoms with Crippen molar-refractivity contribution in [1.29, 1.82) is 0 Å². The lowest BCUT2D eigenvalue weighted by molar-refractivity contribution is -0.134. The summed E-state index contributed by atoms with van der Waals surface area (Å²) < 4.78 is 1.72. The van der Waals surface area contributed by atoms with Gasteiger partial charge in [-0.25, -0.2) is 4.98 Å². The highest BCUT2D eigenvalue weighted by molar-refractivity contribution is 9.10. The van der Waals surface area contributed by atoms with Crippen LogP contribution < -0.4 is 4.90 Å². The standard InChI is InChI=1S/C24H14BrClN2O3S/c25-15-8-11-17-18(12-15)32-24(27-17)28-20(21(29)14-4-2-1-3-5-14)19(22(30)23(28)31)13-6-9-16(26)10-7-13/h1-12,19-20H/t19-,20+/m0/s1. The summed E-state index contributed by atoms with van der Waals surface area (Å²) in [5.41, 5.74) is 1.68. The van der Waals surface area contributed by atoms with Crippen molar-refractivity contribution in [2.45, 2.75) is 12.0 Å². The van der Waals surface area contributed by atoms with Crippen molar-refractivity contribution < 1.29 is 14.4 Å². The van der Waals surface area contributed by atoms with Gasteiger partial charge in [-0.15, -0.1) is 0 Å². The Labute approximate surface area is 200 Å². The number of hydrogen-bond donors (Lipinski definition) is 0. The Balaban J connectivity index is 1.67. The minimum atomic E-state index is -1.04. The number of aromatic nitrogens is 1. The molecular weight excluding hydrogens is 512 g/mol. The van der Waals surface area contributed by atoms with Crippen LogP contribution in [-0.2, 0) is 9.59 Å². The Bertz CT molecular complexity index is 1370. The molecular formula is C24H14BrClN2O3S. The monoisotopic (exact) mass is 524 g/mol. The van der Waals surface area contributed by atoms with Crippen LogP contribution in [0.4, 0.5) is 5.13 Å². The van der Waals surface area contributed by atoms with E-state index in [1.807, 2.05) is 24.3 Å². The van der Waals surface area contributed by atoms with E-state index in [1.54, 1.807) is 48.5 Å². The van der Waals surface area contributed by atoms with Gasteiger partial charge in [0.2, 0.25) is 5.78 Å². The summed E-state index contributed by atoms with van der Waals surface area (Å²) in [5, 5.41) is 0.826. The van der Waals surface area contributed by atoms with Crippen LogP contribution in [0.5, 0.6) is 0 Å². The van der Waals surface area contributed by atoms with Gasteiger partial charge in [0.15, 0.2) is 10.9 Å². The van der Waals surface area contributed by atoms with Gasteiger partial charge in [-0.1, -0.05) is 81.3 Å². The van der Waals surface area contributed by atoms with Gasteiger partial charge >= 0.3 is 0 Å². The van der Waals surface area contributed by atoms with Gasteiger partial charge in [0.1, 0.15) is 6.04 Å². The molecule has 1 aliphatic rings. The van der Waals surface area contributed by atoms with Crippen molar-refractivity contribution in [2.75, 3.05) is 4.90 Å². The molecule has 2 heterocycles. The first-order chi connectivity index (χ1) is 15.4. The molecule has 5 rings (SSSR count). The number of halogens is 2. The minimum Gasteiger partial charge on any atom is -0.292 e. The summed E-state index contributed by atoms with van der Waals surface area (Å²) in [6.45, 7) is 0. The minimum absolute atomic E-state index is 0.315. The maximum absolute atomic E-state index is 13.6. The highest BCUT2D eigenvalue weighted by atomic mass is 79.9. The van der Waals surface area contributed by atoms with E-state index in [9.17, 15) is 14.4 Å². The summed E-state index contributed by atoms with van der Waals surface area (Å²) in [5.74, 6) is -2.64. The largest absolute Gasteiger partial charge is 0.297 e. The molecule has 1 saturated heterocycles. The molecule has 5 nitrogen and oxygen atoms in total. The molecule has 0 saturated carbocycles. The first kappa shape index (κ1) is 21.0. The van der Waals surface area contributed by atoms with Crippen molar-refractivity contribution in [2.24, 2.45) is 0 Å². The number of carbonyl (C=O) groups excluding carboxylic acids is 3. The molecule has 1 amide bonds. The third-order valence-electron chi connectivity index (χ3n) is 5.41. The van der Waals surface area contributed by atoms with Crippen LogP contribution in [0.1, 0.15) is 21.8 Å². The third kappa shape index (κ3) is 3.56. The fourth-order valence-corrected chi connectivity index (χ4v) is 5.59. The van der Waals surface area contributed by atoms with Gasteiger partial charge in [0.25, 0.3) is 5.91 Å². The molecule has 3 aromatic carbocycles. The summed E-state index contributed by atoms with van der Waals surface area (Å²) in [7, 11) is 0. The van der Waals surface area contributed by atoms with Crippen molar-refractivity contribution >= 4 is 71.7 Å². The fraction of sp³-hybridized carbons (Fsp3) is 0.0833. The third-order valence-corrected chi connectivity index (χ3v) is 7.17. The van der Waals surface area contributed by atoms with Gasteiger partial charge in [-0.2, -0.15) is 0 Å². The molecule has 1 aromatic heterocycles. The molecule has 0 aliphatic carbocycles. The van der Waals surface area contributed by atoms with E-state index < -0.39 is 23.7 Å². The van der Waals surface area contributed by atoms with Crippen LogP contribution in [0.25, 0.3) is 10.2 Å². The van der Waals surface area contributed by atoms with Crippen LogP contribution in [0.2, 0.25) is 5.02 Å². The SMILES string of the molecule is O=C1C(=O)N(c2nc3ccc(Br)cc3s2)[C@@H](C(=O)c2ccccc2)[C@@H]1c1ccc(Cl)cc1. The van der Waals surface area contributed by atoms with Crippen LogP contribution in [-0.4, -0.2) is 28.5 Å². The van der Waals surface area contributed by atoms with E-state index >= 15 is 0 Å². The lowest BCUT2D eigenvalue weighted by atomic mass is 9.86. The van der Waals surface area contributed by atoms with E-state index in [1.165, 1.54) is 16.2 Å². The molecule has 1 aliphatic heterocycles.